The van der Waals surface area contributed by atoms with E-state index in [9.17, 15) is 9.59 Å². The van der Waals surface area contributed by atoms with E-state index in [2.05, 4.69) is 20.9 Å². The summed E-state index contributed by atoms with van der Waals surface area (Å²) in [6, 6.07) is 10.6. The van der Waals surface area contributed by atoms with E-state index >= 15 is 0 Å². The molecule has 3 aromatic rings. The molecule has 2 N–H and O–H groups in total. The summed E-state index contributed by atoms with van der Waals surface area (Å²) in [5, 5.41) is 13.2. The molecule has 1 aliphatic heterocycles. The van der Waals surface area contributed by atoms with Gasteiger partial charge in [0, 0.05) is 12.1 Å². The molecule has 0 saturated heterocycles. The van der Waals surface area contributed by atoms with Gasteiger partial charge in [0.2, 0.25) is 11.8 Å². The standard InChI is InChI=1S/C17H14N4O4/c1-24-13-7-6-12(15-16(13)21-25-20-15)19-17(23)10-8-14(22)18-11-5-3-2-4-9(10)11/h2-7,10H,8H2,1H3,(H,18,22)(H,19,23). The third kappa shape index (κ3) is 2.57. The third-order valence-corrected chi connectivity index (χ3v) is 4.17. The van der Waals surface area contributed by atoms with Crippen LogP contribution in [0.3, 0.4) is 0 Å². The first-order valence-electron chi connectivity index (χ1n) is 7.66. The summed E-state index contributed by atoms with van der Waals surface area (Å²) in [4.78, 5) is 24.7. The Balaban J connectivity index is 1.67. The minimum absolute atomic E-state index is 0.0825. The number of para-hydroxylation sites is 1. The van der Waals surface area contributed by atoms with Crippen molar-refractivity contribution in [3.63, 3.8) is 0 Å². The Morgan fingerprint density at radius 2 is 2.04 bits per heavy atom. The molecule has 4 rings (SSSR count). The molecule has 2 heterocycles. The van der Waals surface area contributed by atoms with Crippen LogP contribution in [0.5, 0.6) is 5.75 Å². The predicted molar refractivity (Wildman–Crippen MR) is 89.4 cm³/mol. The fraction of sp³-hybridized carbons (Fsp3) is 0.176. The third-order valence-electron chi connectivity index (χ3n) is 4.17. The Labute approximate surface area is 142 Å². The summed E-state index contributed by atoms with van der Waals surface area (Å²) in [6.07, 6.45) is 0.0825. The molecule has 25 heavy (non-hydrogen) atoms. The van der Waals surface area contributed by atoms with Crippen molar-refractivity contribution >= 4 is 34.2 Å². The topological polar surface area (TPSA) is 106 Å². The molecule has 0 spiro atoms. The first-order chi connectivity index (χ1) is 12.2. The molecule has 0 bridgehead atoms. The molecule has 2 aromatic carbocycles. The summed E-state index contributed by atoms with van der Waals surface area (Å²) in [5.41, 5.74) is 2.69. The molecular formula is C17H14N4O4. The Morgan fingerprint density at radius 3 is 2.88 bits per heavy atom. The van der Waals surface area contributed by atoms with Crippen molar-refractivity contribution in [1.29, 1.82) is 0 Å². The number of fused-ring (bicyclic) bond motifs is 2. The van der Waals surface area contributed by atoms with E-state index in [0.29, 0.717) is 28.2 Å². The van der Waals surface area contributed by atoms with Gasteiger partial charge in [0.15, 0.2) is 16.8 Å². The number of aromatic nitrogens is 2. The Kier molecular flexibility index (Phi) is 3.57. The molecular weight excluding hydrogens is 324 g/mol. The number of ether oxygens (including phenoxy) is 1. The van der Waals surface area contributed by atoms with Crippen molar-refractivity contribution in [3.05, 3.63) is 42.0 Å². The minimum atomic E-state index is -0.582. The summed E-state index contributed by atoms with van der Waals surface area (Å²) < 4.78 is 9.95. The highest BCUT2D eigenvalue weighted by molar-refractivity contribution is 6.07. The number of benzene rings is 2. The smallest absolute Gasteiger partial charge is 0.232 e. The van der Waals surface area contributed by atoms with Crippen LogP contribution in [0.2, 0.25) is 0 Å². The fourth-order valence-electron chi connectivity index (χ4n) is 2.97. The Hall–Kier alpha value is -3.42. The van der Waals surface area contributed by atoms with E-state index in [1.807, 2.05) is 18.2 Å². The highest BCUT2D eigenvalue weighted by atomic mass is 16.6. The lowest BCUT2D eigenvalue weighted by molar-refractivity contribution is -0.123. The Bertz CT molecular complexity index is 982. The summed E-state index contributed by atoms with van der Waals surface area (Å²) >= 11 is 0. The van der Waals surface area contributed by atoms with Gasteiger partial charge in [-0.1, -0.05) is 18.2 Å². The second-order valence-corrected chi connectivity index (χ2v) is 5.66. The first kappa shape index (κ1) is 15.1. The van der Waals surface area contributed by atoms with Crippen LogP contribution in [0.1, 0.15) is 17.9 Å². The van der Waals surface area contributed by atoms with Crippen LogP contribution in [0.25, 0.3) is 11.0 Å². The van der Waals surface area contributed by atoms with Gasteiger partial charge in [0.1, 0.15) is 0 Å². The number of carbonyl (C=O) groups excluding carboxylic acids is 2. The monoisotopic (exact) mass is 338 g/mol. The molecule has 1 aromatic heterocycles. The summed E-state index contributed by atoms with van der Waals surface area (Å²) in [6.45, 7) is 0. The molecule has 8 heteroatoms. The number of hydrogen-bond acceptors (Lipinski definition) is 6. The van der Waals surface area contributed by atoms with Gasteiger partial charge in [-0.05, 0) is 34.1 Å². The highest BCUT2D eigenvalue weighted by Gasteiger charge is 2.31. The van der Waals surface area contributed by atoms with Crippen molar-refractivity contribution in [1.82, 2.24) is 10.3 Å². The molecule has 1 unspecified atom stereocenters. The van der Waals surface area contributed by atoms with Crippen LogP contribution in [0.4, 0.5) is 11.4 Å². The SMILES string of the molecule is COc1ccc(NC(=O)C2CC(=O)Nc3ccccc32)c2nonc12. The number of rotatable bonds is 3. The molecule has 8 nitrogen and oxygen atoms in total. The van der Waals surface area contributed by atoms with Gasteiger partial charge in [0.05, 0.1) is 18.7 Å². The minimum Gasteiger partial charge on any atom is -0.494 e. The number of anilines is 2. The largest absolute Gasteiger partial charge is 0.494 e. The maximum absolute atomic E-state index is 12.8. The van der Waals surface area contributed by atoms with E-state index in [-0.39, 0.29) is 18.2 Å². The van der Waals surface area contributed by atoms with Crippen LogP contribution in [-0.4, -0.2) is 29.2 Å². The van der Waals surface area contributed by atoms with Crippen molar-refractivity contribution in [2.45, 2.75) is 12.3 Å². The van der Waals surface area contributed by atoms with Gasteiger partial charge in [0.25, 0.3) is 0 Å². The van der Waals surface area contributed by atoms with Crippen LogP contribution >= 0.6 is 0 Å². The zero-order valence-electron chi connectivity index (χ0n) is 13.3. The quantitative estimate of drug-likeness (QED) is 0.759. The summed E-state index contributed by atoms with van der Waals surface area (Å²) in [7, 11) is 1.51. The molecule has 126 valence electrons. The van der Waals surface area contributed by atoms with Gasteiger partial charge in [-0.3, -0.25) is 9.59 Å². The van der Waals surface area contributed by atoms with Crippen molar-refractivity contribution in [3.8, 4) is 5.75 Å². The lowest BCUT2D eigenvalue weighted by Gasteiger charge is -2.24. The number of nitrogens with zero attached hydrogens (tertiary/aromatic N) is 2. The van der Waals surface area contributed by atoms with Crippen molar-refractivity contribution < 1.29 is 19.0 Å². The predicted octanol–water partition coefficient (Wildman–Crippen LogP) is 2.30. The molecule has 2 amide bonds. The van der Waals surface area contributed by atoms with E-state index in [1.165, 1.54) is 7.11 Å². The normalized spacial score (nSPS) is 16.2. The fourth-order valence-corrected chi connectivity index (χ4v) is 2.97. The molecule has 0 saturated carbocycles. The number of carbonyl (C=O) groups is 2. The highest BCUT2D eigenvalue weighted by Crippen LogP contribution is 2.34. The van der Waals surface area contributed by atoms with Crippen molar-refractivity contribution in [2.24, 2.45) is 0 Å². The van der Waals surface area contributed by atoms with Gasteiger partial charge >= 0.3 is 0 Å². The molecule has 0 aliphatic carbocycles. The average Bonchev–Trinajstić information content (AvgIpc) is 3.11. The molecule has 1 atom stereocenters. The van der Waals surface area contributed by atoms with Crippen molar-refractivity contribution in [2.75, 3.05) is 17.7 Å². The zero-order valence-corrected chi connectivity index (χ0v) is 13.3. The van der Waals surface area contributed by atoms with Crippen LogP contribution in [-0.2, 0) is 9.59 Å². The van der Waals surface area contributed by atoms with Gasteiger partial charge in [-0.15, -0.1) is 0 Å². The van der Waals surface area contributed by atoms with E-state index in [0.717, 1.165) is 5.56 Å². The second kappa shape index (κ2) is 5.90. The van der Waals surface area contributed by atoms with Gasteiger partial charge < -0.3 is 15.4 Å². The van der Waals surface area contributed by atoms with Gasteiger partial charge in [-0.2, -0.15) is 0 Å². The number of hydrogen-bond donors (Lipinski definition) is 2. The molecule has 1 aliphatic rings. The lowest BCUT2D eigenvalue weighted by Crippen LogP contribution is -2.30. The number of nitrogens with one attached hydrogen (secondary N) is 2. The number of amides is 2. The summed E-state index contributed by atoms with van der Waals surface area (Å²) in [5.74, 6) is -0.572. The van der Waals surface area contributed by atoms with Crippen LogP contribution in [0, 0.1) is 0 Å². The number of methoxy groups -OCH3 is 1. The van der Waals surface area contributed by atoms with E-state index in [4.69, 9.17) is 9.37 Å². The maximum atomic E-state index is 12.8. The molecule has 0 radical (unpaired) electrons. The lowest BCUT2D eigenvalue weighted by atomic mass is 9.90. The zero-order chi connectivity index (χ0) is 17.4. The maximum Gasteiger partial charge on any atom is 0.232 e. The molecule has 0 fully saturated rings. The average molecular weight is 338 g/mol. The van der Waals surface area contributed by atoms with Crippen LogP contribution in [0.15, 0.2) is 41.0 Å². The first-order valence-corrected chi connectivity index (χ1v) is 7.66. The van der Waals surface area contributed by atoms with E-state index < -0.39 is 5.92 Å². The second-order valence-electron chi connectivity index (χ2n) is 5.66. The van der Waals surface area contributed by atoms with Gasteiger partial charge in [-0.25, -0.2) is 4.63 Å². The van der Waals surface area contributed by atoms with E-state index in [1.54, 1.807) is 18.2 Å². The van der Waals surface area contributed by atoms with Crippen LogP contribution < -0.4 is 15.4 Å². The Morgan fingerprint density at radius 1 is 1.24 bits per heavy atom.